The minimum absolute atomic E-state index is 0.0602. The summed E-state index contributed by atoms with van der Waals surface area (Å²) in [5.74, 6) is -8.81. The molecule has 7 atom stereocenters. The Balaban J connectivity index is 2.38. The Morgan fingerprint density at radius 2 is 1.10 bits per heavy atom. The number of aromatic nitrogens is 4. The van der Waals surface area contributed by atoms with Crippen LogP contribution >= 0.6 is 23.5 Å². The molecule has 27 heteroatoms. The number of nitrogens with one attached hydrogen (secondary N) is 4. The Morgan fingerprint density at radius 1 is 0.650 bits per heavy atom. The Labute approximate surface area is 350 Å². The smallest absolute Gasteiger partial charge is 0.322 e. The van der Waals surface area contributed by atoms with Crippen molar-refractivity contribution in [3.05, 3.63) is 36.2 Å². The fraction of sp³-hybridized carbons (Fsp3) is 0.515. The van der Waals surface area contributed by atoms with Gasteiger partial charge in [-0.25, -0.2) is 9.97 Å². The molecular weight excluding hydrogens is 837 g/mol. The number of anilines is 2. The van der Waals surface area contributed by atoms with Crippen molar-refractivity contribution >= 4 is 82.5 Å². The van der Waals surface area contributed by atoms with E-state index in [1.54, 1.807) is 0 Å². The predicted octanol–water partition coefficient (Wildman–Crippen LogP) is -3.42. The number of carbonyl (C=O) groups is 8. The van der Waals surface area contributed by atoms with Crippen LogP contribution in [0.5, 0.6) is 0 Å². The Kier molecular flexibility index (Phi) is 21.6. The molecule has 2 aromatic rings. The molecule has 2 heterocycles. The molecule has 25 nitrogen and oxygen atoms in total. The number of amides is 3. The molecule has 0 saturated carbocycles. The van der Waals surface area contributed by atoms with E-state index in [0.29, 0.717) is 0 Å². The van der Waals surface area contributed by atoms with E-state index in [1.165, 1.54) is 24.8 Å². The molecule has 330 valence electrons. The lowest BCUT2D eigenvalue weighted by Crippen LogP contribution is -2.52. The molecule has 0 bridgehead atoms. The van der Waals surface area contributed by atoms with Crippen LogP contribution in [0, 0.1) is 0 Å². The second kappa shape index (κ2) is 25.7. The van der Waals surface area contributed by atoms with E-state index in [-0.39, 0.29) is 73.1 Å². The summed E-state index contributed by atoms with van der Waals surface area (Å²) in [5.41, 5.74) is 23.5. The van der Waals surface area contributed by atoms with Gasteiger partial charge < -0.3 is 64.4 Å². The molecule has 60 heavy (non-hydrogen) atoms. The number of nitrogens with zero attached hydrogens (tertiary/aromatic N) is 4. The fourth-order valence-electron chi connectivity index (χ4n) is 4.99. The van der Waals surface area contributed by atoms with Gasteiger partial charge in [-0.3, -0.25) is 53.6 Å². The molecule has 0 aliphatic heterocycles. The molecule has 0 spiro atoms. The van der Waals surface area contributed by atoms with Gasteiger partial charge in [0.25, 0.3) is 0 Å². The van der Waals surface area contributed by atoms with Crippen molar-refractivity contribution in [2.75, 3.05) is 36.1 Å². The summed E-state index contributed by atoms with van der Waals surface area (Å²) in [5, 5.41) is 54.8. The number of nitrogen functional groups attached to an aromatic ring is 2. The lowest BCUT2D eigenvalue weighted by molar-refractivity contribution is -0.140. The number of hydrogen-bond donors (Lipinski definition) is 13. The molecule has 3 amide bonds. The van der Waals surface area contributed by atoms with Crippen LogP contribution in [0.4, 0.5) is 11.6 Å². The average Bonchev–Trinajstić information content (AvgIpc) is 3.19. The monoisotopic (exact) mass is 884 g/mol. The molecule has 0 fully saturated rings. The van der Waals surface area contributed by atoms with Gasteiger partial charge in [-0.1, -0.05) is 0 Å². The van der Waals surface area contributed by atoms with Crippen LogP contribution in [-0.2, 0) is 38.4 Å². The first kappa shape index (κ1) is 50.4. The SMILES string of the molecule is Nc1nccnc1C(CC(=O)CC(SCC(NC(=O)CCC(N)C(=O)O)C(O)NCC(=O)O)c1nccnc1N)SCC(NC(=O)CCC(N)C(=O)O)C(=O)NCC(=O)O. The first-order valence-corrected chi connectivity index (χ1v) is 19.9. The first-order chi connectivity index (χ1) is 28.3. The molecule has 2 aromatic heterocycles. The Bertz CT molecular complexity index is 1830. The van der Waals surface area contributed by atoms with Crippen LogP contribution in [0.1, 0.15) is 60.4 Å². The lowest BCUT2D eigenvalue weighted by Gasteiger charge is -2.27. The first-order valence-electron chi connectivity index (χ1n) is 17.8. The van der Waals surface area contributed by atoms with Crippen LogP contribution in [0.3, 0.4) is 0 Å². The third-order valence-corrected chi connectivity index (χ3v) is 10.8. The largest absolute Gasteiger partial charge is 0.480 e. The fourth-order valence-corrected chi connectivity index (χ4v) is 7.64. The van der Waals surface area contributed by atoms with Crippen molar-refractivity contribution in [2.45, 2.75) is 79.4 Å². The summed E-state index contributed by atoms with van der Waals surface area (Å²) < 4.78 is 0. The number of hydrogen-bond acceptors (Lipinski definition) is 20. The van der Waals surface area contributed by atoms with Crippen LogP contribution in [0.15, 0.2) is 24.8 Å². The molecule has 0 aromatic carbocycles. The summed E-state index contributed by atoms with van der Waals surface area (Å²) in [7, 11) is 0. The number of nitrogens with two attached hydrogens (primary N) is 4. The van der Waals surface area contributed by atoms with Crippen molar-refractivity contribution in [1.29, 1.82) is 0 Å². The normalized spacial score (nSPS) is 14.6. The summed E-state index contributed by atoms with van der Waals surface area (Å²) in [6, 6.07) is -5.31. The van der Waals surface area contributed by atoms with Crippen LogP contribution in [0.2, 0.25) is 0 Å². The molecular formula is C33H48N12O13S2. The number of carboxylic acid groups (broad SMARTS) is 4. The van der Waals surface area contributed by atoms with Gasteiger partial charge in [-0.2, -0.15) is 0 Å². The van der Waals surface area contributed by atoms with Gasteiger partial charge in [0.05, 0.1) is 34.5 Å². The summed E-state index contributed by atoms with van der Waals surface area (Å²) in [6.45, 7) is -1.49. The minimum atomic E-state index is -1.64. The van der Waals surface area contributed by atoms with Crippen LogP contribution in [-0.4, -0.2) is 148 Å². The standard InChI is InChI=1S/C33H48N12O13S2/c34-16(32(55)56)1-3-22(47)44-18(30(53)42-11-24(49)50)13-59-20(26-28(36)40-7-5-38-26)9-15(46)10-21(27-29(37)41-8-6-39-27)60-14-19(31(54)43-12-25(51)52)45-23(48)4-2-17(35)33(57)58/h5-8,16-21,30,42,53H,1-4,9-14,34-35H2,(H2,36,40)(H2,37,41)(H,43,54)(H,44,47)(H,45,48)(H,49,50)(H,51,52)(H,55,56)(H,57,58). The Morgan fingerprint density at radius 3 is 1.55 bits per heavy atom. The minimum Gasteiger partial charge on any atom is -0.480 e. The van der Waals surface area contributed by atoms with E-state index in [4.69, 9.17) is 43.4 Å². The van der Waals surface area contributed by atoms with E-state index in [2.05, 4.69) is 41.2 Å². The molecule has 0 saturated heterocycles. The number of ketones is 1. The maximum Gasteiger partial charge on any atom is 0.322 e. The van der Waals surface area contributed by atoms with E-state index < -0.39 is 101 Å². The zero-order valence-corrected chi connectivity index (χ0v) is 33.5. The third-order valence-electron chi connectivity index (χ3n) is 8.14. The van der Waals surface area contributed by atoms with Gasteiger partial charge in [0.2, 0.25) is 17.7 Å². The highest BCUT2D eigenvalue weighted by molar-refractivity contribution is 7.99. The molecule has 17 N–H and O–H groups in total. The highest BCUT2D eigenvalue weighted by atomic mass is 32.2. The van der Waals surface area contributed by atoms with Crippen LogP contribution < -0.4 is 44.2 Å². The number of aliphatic carboxylic acids is 4. The number of Topliss-reactive ketones (excluding diaryl/α,β-unsaturated/α-hetero) is 1. The lowest BCUT2D eigenvalue weighted by atomic mass is 10.1. The van der Waals surface area contributed by atoms with Crippen molar-refractivity contribution in [3.8, 4) is 0 Å². The van der Waals surface area contributed by atoms with Gasteiger partial charge in [0, 0.05) is 62.0 Å². The predicted molar refractivity (Wildman–Crippen MR) is 213 cm³/mol. The summed E-state index contributed by atoms with van der Waals surface area (Å²) >= 11 is 1.94. The van der Waals surface area contributed by atoms with E-state index in [0.717, 1.165) is 23.5 Å². The average molecular weight is 885 g/mol. The van der Waals surface area contributed by atoms with Gasteiger partial charge in [-0.15, -0.1) is 23.5 Å². The Hall–Kier alpha value is -5.74. The number of carbonyl (C=O) groups excluding carboxylic acids is 4. The van der Waals surface area contributed by atoms with Gasteiger partial charge in [0.1, 0.15) is 48.3 Å². The highest BCUT2D eigenvalue weighted by Crippen LogP contribution is 2.38. The molecule has 0 aliphatic rings. The quantitative estimate of drug-likeness (QED) is 0.0354. The van der Waals surface area contributed by atoms with Crippen molar-refractivity contribution in [1.82, 2.24) is 41.2 Å². The van der Waals surface area contributed by atoms with Crippen LogP contribution in [0.25, 0.3) is 0 Å². The second-order valence-electron chi connectivity index (χ2n) is 12.8. The maximum atomic E-state index is 14.0. The maximum absolute atomic E-state index is 14.0. The van der Waals surface area contributed by atoms with E-state index in [9.17, 15) is 43.5 Å². The number of aliphatic hydroxyl groups excluding tert-OH is 1. The molecule has 0 aliphatic carbocycles. The summed E-state index contributed by atoms with van der Waals surface area (Å²) in [6.07, 6.45) is 1.67. The van der Waals surface area contributed by atoms with Gasteiger partial charge >= 0.3 is 23.9 Å². The van der Waals surface area contributed by atoms with E-state index in [1.807, 2.05) is 0 Å². The van der Waals surface area contributed by atoms with Crippen molar-refractivity contribution in [3.63, 3.8) is 0 Å². The zero-order chi connectivity index (χ0) is 44.9. The topological polar surface area (TPSA) is 441 Å². The van der Waals surface area contributed by atoms with Crippen molar-refractivity contribution < 1.29 is 63.9 Å². The third kappa shape index (κ3) is 18.5. The molecule has 0 radical (unpaired) electrons. The number of rotatable bonds is 29. The number of carboxylic acids is 4. The number of thioether (sulfide) groups is 2. The molecule has 2 rings (SSSR count). The van der Waals surface area contributed by atoms with Gasteiger partial charge in [-0.05, 0) is 12.8 Å². The summed E-state index contributed by atoms with van der Waals surface area (Å²) in [4.78, 5) is 114. The van der Waals surface area contributed by atoms with Gasteiger partial charge in [0.15, 0.2) is 0 Å². The zero-order valence-electron chi connectivity index (χ0n) is 31.8. The highest BCUT2D eigenvalue weighted by Gasteiger charge is 2.31. The second-order valence-corrected chi connectivity index (χ2v) is 15.3. The van der Waals surface area contributed by atoms with E-state index >= 15 is 0 Å². The van der Waals surface area contributed by atoms with Crippen molar-refractivity contribution in [2.24, 2.45) is 11.5 Å². The molecule has 7 unspecified atom stereocenters. The number of aliphatic hydroxyl groups is 1.